The van der Waals surface area contributed by atoms with Crippen LogP contribution in [0, 0.1) is 22.7 Å². The van der Waals surface area contributed by atoms with Crippen LogP contribution in [0.4, 0.5) is 0 Å². The lowest BCUT2D eigenvalue weighted by Crippen LogP contribution is -2.34. The zero-order valence-electron chi connectivity index (χ0n) is 10.1. The Morgan fingerprint density at radius 2 is 2.00 bits per heavy atom. The molecule has 2 bridgehead atoms. The van der Waals surface area contributed by atoms with Crippen molar-refractivity contribution in [2.45, 2.75) is 53.4 Å². The normalized spacial score (nSPS) is 45.1. The topological polar surface area (TPSA) is 0 Å². The van der Waals surface area contributed by atoms with E-state index in [1.807, 2.05) is 0 Å². The highest BCUT2D eigenvalue weighted by atomic mass is 14.6. The Labute approximate surface area is 88.8 Å². The fourth-order valence-corrected chi connectivity index (χ4v) is 4.27. The molecule has 2 aliphatic carbocycles. The number of hydrogen-bond donors (Lipinski definition) is 0. The van der Waals surface area contributed by atoms with Crippen LogP contribution in [-0.4, -0.2) is 0 Å². The molecule has 0 saturated heterocycles. The molecule has 14 heavy (non-hydrogen) atoms. The van der Waals surface area contributed by atoms with Gasteiger partial charge >= 0.3 is 0 Å². The SMILES string of the molecule is CC=CCC1C2(C)CCC(C2)C1(C)C. The van der Waals surface area contributed by atoms with Crippen LogP contribution in [-0.2, 0) is 0 Å². The zero-order chi connectivity index (χ0) is 10.4. The summed E-state index contributed by atoms with van der Waals surface area (Å²) in [5.41, 5.74) is 1.25. The molecule has 3 unspecified atom stereocenters. The van der Waals surface area contributed by atoms with Crippen LogP contribution in [0.3, 0.4) is 0 Å². The average Bonchev–Trinajstić information content (AvgIpc) is 2.55. The van der Waals surface area contributed by atoms with Crippen molar-refractivity contribution in [3.8, 4) is 0 Å². The fraction of sp³-hybridized carbons (Fsp3) is 0.857. The molecule has 2 aliphatic rings. The van der Waals surface area contributed by atoms with Gasteiger partial charge in [-0.1, -0.05) is 32.9 Å². The van der Waals surface area contributed by atoms with Gasteiger partial charge in [0, 0.05) is 0 Å². The van der Waals surface area contributed by atoms with Gasteiger partial charge in [0.1, 0.15) is 0 Å². The summed E-state index contributed by atoms with van der Waals surface area (Å²) in [7, 11) is 0. The first-order chi connectivity index (χ1) is 6.50. The van der Waals surface area contributed by atoms with Crippen molar-refractivity contribution in [3.05, 3.63) is 12.2 Å². The predicted molar refractivity (Wildman–Crippen MR) is 62.2 cm³/mol. The van der Waals surface area contributed by atoms with Crippen LogP contribution in [0.1, 0.15) is 53.4 Å². The molecular formula is C14H24. The Morgan fingerprint density at radius 3 is 2.50 bits per heavy atom. The van der Waals surface area contributed by atoms with E-state index >= 15 is 0 Å². The molecule has 0 aliphatic heterocycles. The van der Waals surface area contributed by atoms with E-state index in [0.29, 0.717) is 10.8 Å². The molecule has 0 N–H and O–H groups in total. The maximum atomic E-state index is 2.52. The third kappa shape index (κ3) is 1.26. The summed E-state index contributed by atoms with van der Waals surface area (Å²) in [6.45, 7) is 9.66. The van der Waals surface area contributed by atoms with Gasteiger partial charge in [0.2, 0.25) is 0 Å². The van der Waals surface area contributed by atoms with Crippen molar-refractivity contribution >= 4 is 0 Å². The van der Waals surface area contributed by atoms with Gasteiger partial charge in [-0.25, -0.2) is 0 Å². The minimum absolute atomic E-state index is 0.590. The van der Waals surface area contributed by atoms with Gasteiger partial charge in [0.25, 0.3) is 0 Å². The number of fused-ring (bicyclic) bond motifs is 2. The Hall–Kier alpha value is -0.260. The Morgan fingerprint density at radius 1 is 1.29 bits per heavy atom. The molecule has 80 valence electrons. The molecule has 0 spiro atoms. The summed E-state index contributed by atoms with van der Waals surface area (Å²) in [5, 5.41) is 0. The lowest BCUT2D eigenvalue weighted by Gasteiger charge is -2.42. The minimum Gasteiger partial charge on any atom is -0.0917 e. The predicted octanol–water partition coefficient (Wildman–Crippen LogP) is 4.42. The second-order valence-electron chi connectivity index (χ2n) is 6.27. The Kier molecular flexibility index (Phi) is 2.28. The molecule has 0 aromatic carbocycles. The fourth-order valence-electron chi connectivity index (χ4n) is 4.27. The van der Waals surface area contributed by atoms with Crippen molar-refractivity contribution in [2.24, 2.45) is 22.7 Å². The summed E-state index contributed by atoms with van der Waals surface area (Å²) >= 11 is 0. The quantitative estimate of drug-likeness (QED) is 0.568. The number of allylic oxidation sites excluding steroid dienone is 2. The monoisotopic (exact) mass is 192 g/mol. The number of rotatable bonds is 2. The smallest absolute Gasteiger partial charge is 0.0271 e. The molecule has 0 aromatic rings. The first-order valence-electron chi connectivity index (χ1n) is 6.12. The van der Waals surface area contributed by atoms with Crippen molar-refractivity contribution in [1.82, 2.24) is 0 Å². The molecule has 2 saturated carbocycles. The van der Waals surface area contributed by atoms with Gasteiger partial charge in [-0.05, 0) is 55.3 Å². The van der Waals surface area contributed by atoms with Gasteiger partial charge in [0.15, 0.2) is 0 Å². The van der Waals surface area contributed by atoms with Gasteiger partial charge in [-0.3, -0.25) is 0 Å². The molecule has 2 fully saturated rings. The van der Waals surface area contributed by atoms with E-state index in [9.17, 15) is 0 Å². The molecular weight excluding hydrogens is 168 g/mol. The van der Waals surface area contributed by atoms with Gasteiger partial charge in [-0.2, -0.15) is 0 Å². The van der Waals surface area contributed by atoms with Crippen molar-refractivity contribution < 1.29 is 0 Å². The first kappa shape index (κ1) is 10.3. The Bertz CT molecular complexity index is 244. The van der Waals surface area contributed by atoms with Crippen molar-refractivity contribution in [2.75, 3.05) is 0 Å². The van der Waals surface area contributed by atoms with Gasteiger partial charge in [-0.15, -0.1) is 0 Å². The van der Waals surface area contributed by atoms with Crippen LogP contribution in [0.5, 0.6) is 0 Å². The number of hydrogen-bond acceptors (Lipinski definition) is 0. The Balaban J connectivity index is 2.21. The molecule has 0 amide bonds. The van der Waals surface area contributed by atoms with Crippen molar-refractivity contribution in [1.29, 1.82) is 0 Å². The van der Waals surface area contributed by atoms with Crippen LogP contribution in [0.25, 0.3) is 0 Å². The van der Waals surface area contributed by atoms with E-state index in [-0.39, 0.29) is 0 Å². The highest BCUT2D eigenvalue weighted by Crippen LogP contribution is 2.66. The highest BCUT2D eigenvalue weighted by Gasteiger charge is 2.58. The summed E-state index contributed by atoms with van der Waals surface area (Å²) < 4.78 is 0. The van der Waals surface area contributed by atoms with E-state index in [2.05, 4.69) is 39.8 Å². The summed E-state index contributed by atoms with van der Waals surface area (Å²) in [4.78, 5) is 0. The molecule has 0 aromatic heterocycles. The standard InChI is InChI=1S/C14H24/c1-5-6-7-12-13(2,3)11-8-9-14(12,4)10-11/h5-6,11-12H,7-10H2,1-4H3. The van der Waals surface area contributed by atoms with E-state index in [1.54, 1.807) is 0 Å². The first-order valence-corrected chi connectivity index (χ1v) is 6.12. The summed E-state index contributed by atoms with van der Waals surface area (Å²) in [6, 6.07) is 0. The molecule has 0 heteroatoms. The van der Waals surface area contributed by atoms with Gasteiger partial charge in [0.05, 0.1) is 0 Å². The maximum absolute atomic E-state index is 2.52. The summed E-state index contributed by atoms with van der Waals surface area (Å²) in [6.07, 6.45) is 10.3. The molecule has 2 rings (SSSR count). The van der Waals surface area contributed by atoms with Crippen LogP contribution >= 0.6 is 0 Å². The van der Waals surface area contributed by atoms with Gasteiger partial charge < -0.3 is 0 Å². The van der Waals surface area contributed by atoms with Crippen molar-refractivity contribution in [3.63, 3.8) is 0 Å². The van der Waals surface area contributed by atoms with E-state index in [0.717, 1.165) is 11.8 Å². The maximum Gasteiger partial charge on any atom is -0.0271 e. The third-order valence-electron chi connectivity index (χ3n) is 5.18. The second kappa shape index (κ2) is 3.12. The lowest BCUT2D eigenvalue weighted by molar-refractivity contribution is 0.0770. The second-order valence-corrected chi connectivity index (χ2v) is 6.27. The summed E-state index contributed by atoms with van der Waals surface area (Å²) in [5.74, 6) is 1.92. The largest absolute Gasteiger partial charge is 0.0917 e. The zero-order valence-corrected chi connectivity index (χ0v) is 10.1. The minimum atomic E-state index is 0.590. The van der Waals surface area contributed by atoms with E-state index in [4.69, 9.17) is 0 Å². The molecule has 0 radical (unpaired) electrons. The average molecular weight is 192 g/mol. The van der Waals surface area contributed by atoms with E-state index in [1.165, 1.54) is 25.7 Å². The molecule has 0 heterocycles. The lowest BCUT2D eigenvalue weighted by atomic mass is 9.63. The highest BCUT2D eigenvalue weighted by molar-refractivity contribution is 5.09. The van der Waals surface area contributed by atoms with Crippen LogP contribution in [0.2, 0.25) is 0 Å². The van der Waals surface area contributed by atoms with E-state index < -0.39 is 0 Å². The van der Waals surface area contributed by atoms with Crippen LogP contribution < -0.4 is 0 Å². The molecule has 3 atom stereocenters. The van der Waals surface area contributed by atoms with Crippen LogP contribution in [0.15, 0.2) is 12.2 Å². The third-order valence-corrected chi connectivity index (χ3v) is 5.18. The molecule has 0 nitrogen and oxygen atoms in total.